The van der Waals surface area contributed by atoms with Crippen molar-refractivity contribution in [3.05, 3.63) is 48.1 Å². The van der Waals surface area contributed by atoms with E-state index in [1.165, 1.54) is 69.8 Å². The van der Waals surface area contributed by atoms with Gasteiger partial charge in [0, 0.05) is 0 Å². The molecule has 0 unspecified atom stereocenters. The average Bonchev–Trinajstić information content (AvgIpc) is 2.63. The van der Waals surface area contributed by atoms with E-state index >= 15 is 0 Å². The third-order valence-electron chi connectivity index (χ3n) is 4.38. The maximum absolute atomic E-state index is 5.75. The summed E-state index contributed by atoms with van der Waals surface area (Å²) in [5, 5.41) is 0. The Morgan fingerprint density at radius 3 is 2.28 bits per heavy atom. The highest BCUT2D eigenvalue weighted by atomic mass is 16.5. The molecule has 0 bridgehead atoms. The van der Waals surface area contributed by atoms with Crippen LogP contribution in [0.2, 0.25) is 0 Å². The first-order valence-electron chi connectivity index (χ1n) is 10.4. The van der Waals surface area contributed by atoms with Gasteiger partial charge in [0.1, 0.15) is 5.75 Å². The molecule has 0 N–H and O–H groups in total. The molecule has 0 saturated heterocycles. The van der Waals surface area contributed by atoms with Crippen LogP contribution in [-0.2, 0) is 0 Å². The maximum atomic E-state index is 5.75. The minimum atomic E-state index is 0.808. The van der Waals surface area contributed by atoms with Crippen LogP contribution in [0.25, 0.3) is 6.08 Å². The summed E-state index contributed by atoms with van der Waals surface area (Å²) in [6.07, 6.45) is 23.3. The van der Waals surface area contributed by atoms with Crippen molar-refractivity contribution >= 4 is 6.08 Å². The first kappa shape index (κ1) is 21.5. The van der Waals surface area contributed by atoms with Gasteiger partial charge in [-0.1, -0.05) is 102 Å². The van der Waals surface area contributed by atoms with Crippen molar-refractivity contribution < 1.29 is 4.74 Å². The Hall–Kier alpha value is -1.50. The zero-order chi connectivity index (χ0) is 18.0. The van der Waals surface area contributed by atoms with Gasteiger partial charge < -0.3 is 4.74 Å². The molecule has 1 nitrogen and oxygen atoms in total. The lowest BCUT2D eigenvalue weighted by atomic mass is 10.1. The summed E-state index contributed by atoms with van der Waals surface area (Å²) in [5.74, 6) is 0.971. The molecule has 0 aliphatic carbocycles. The molecule has 25 heavy (non-hydrogen) atoms. The molecule has 0 saturated carbocycles. The third kappa shape index (κ3) is 12.5. The standard InChI is InChI=1S/C24H38O/c1-3-5-7-8-9-10-11-12-13-14-15-16-18-23-19-17-20-24(22-23)25-21-6-4-2/h14-20,22H,3-13,21H2,1-2H3/b15-14+,18-16+. The van der Waals surface area contributed by atoms with Crippen molar-refractivity contribution in [1.82, 2.24) is 0 Å². The van der Waals surface area contributed by atoms with Gasteiger partial charge in [0.2, 0.25) is 0 Å². The Morgan fingerprint density at radius 1 is 0.800 bits per heavy atom. The van der Waals surface area contributed by atoms with E-state index in [1.807, 2.05) is 6.07 Å². The molecular weight excluding hydrogens is 304 g/mol. The molecule has 1 aromatic carbocycles. The molecular formula is C24H38O. The highest BCUT2D eigenvalue weighted by Gasteiger charge is 1.94. The zero-order valence-corrected chi connectivity index (χ0v) is 16.5. The van der Waals surface area contributed by atoms with E-state index in [0.717, 1.165) is 18.8 Å². The SMILES string of the molecule is CCCCCCCCCC/C=C/C=C/c1cccc(OCCCC)c1. The minimum absolute atomic E-state index is 0.808. The summed E-state index contributed by atoms with van der Waals surface area (Å²) < 4.78 is 5.75. The van der Waals surface area contributed by atoms with Crippen LogP contribution in [0.3, 0.4) is 0 Å². The number of hydrogen-bond acceptors (Lipinski definition) is 1. The maximum Gasteiger partial charge on any atom is 0.119 e. The van der Waals surface area contributed by atoms with Gasteiger partial charge in [-0.2, -0.15) is 0 Å². The first-order chi connectivity index (χ1) is 12.4. The highest BCUT2D eigenvalue weighted by molar-refractivity contribution is 5.53. The Labute approximate surface area is 156 Å². The molecule has 1 heteroatoms. The number of allylic oxidation sites excluding steroid dienone is 3. The van der Waals surface area contributed by atoms with Crippen LogP contribution >= 0.6 is 0 Å². The second-order valence-electron chi connectivity index (χ2n) is 6.83. The van der Waals surface area contributed by atoms with Crippen LogP contribution in [0.15, 0.2) is 42.5 Å². The zero-order valence-electron chi connectivity index (χ0n) is 16.5. The lowest BCUT2D eigenvalue weighted by Gasteiger charge is -2.05. The largest absolute Gasteiger partial charge is 0.494 e. The van der Waals surface area contributed by atoms with Gasteiger partial charge in [0.05, 0.1) is 6.61 Å². The Kier molecular flexibility index (Phi) is 13.8. The third-order valence-corrected chi connectivity index (χ3v) is 4.38. The fraction of sp³-hybridized carbons (Fsp3) is 0.583. The molecule has 0 aromatic heterocycles. The van der Waals surface area contributed by atoms with Crippen LogP contribution in [-0.4, -0.2) is 6.61 Å². The van der Waals surface area contributed by atoms with Crippen LogP contribution < -0.4 is 4.74 Å². The molecule has 0 aliphatic heterocycles. The van der Waals surface area contributed by atoms with Crippen molar-refractivity contribution in [2.75, 3.05) is 6.61 Å². The van der Waals surface area contributed by atoms with Gasteiger partial charge in [0.15, 0.2) is 0 Å². The van der Waals surface area contributed by atoms with Gasteiger partial charge in [-0.15, -0.1) is 0 Å². The quantitative estimate of drug-likeness (QED) is 0.232. The predicted molar refractivity (Wildman–Crippen MR) is 112 cm³/mol. The van der Waals surface area contributed by atoms with Gasteiger partial charge in [0.25, 0.3) is 0 Å². The summed E-state index contributed by atoms with van der Waals surface area (Å²) in [5.41, 5.74) is 1.20. The Balaban J connectivity index is 2.11. The molecule has 140 valence electrons. The van der Waals surface area contributed by atoms with Crippen LogP contribution in [0.4, 0.5) is 0 Å². The molecule has 0 atom stereocenters. The predicted octanol–water partition coefficient (Wildman–Crippen LogP) is 7.97. The second-order valence-corrected chi connectivity index (χ2v) is 6.83. The molecule has 0 fully saturated rings. The summed E-state index contributed by atoms with van der Waals surface area (Å²) >= 11 is 0. The molecule has 0 aliphatic rings. The van der Waals surface area contributed by atoms with E-state index in [-0.39, 0.29) is 0 Å². The van der Waals surface area contributed by atoms with Crippen molar-refractivity contribution in [2.45, 2.75) is 84.5 Å². The summed E-state index contributed by atoms with van der Waals surface area (Å²) in [6.45, 7) is 5.27. The van der Waals surface area contributed by atoms with Crippen molar-refractivity contribution in [3.8, 4) is 5.75 Å². The van der Waals surface area contributed by atoms with E-state index in [2.05, 4.69) is 56.4 Å². The van der Waals surface area contributed by atoms with E-state index in [1.54, 1.807) is 0 Å². The van der Waals surface area contributed by atoms with Crippen molar-refractivity contribution in [3.63, 3.8) is 0 Å². The van der Waals surface area contributed by atoms with Gasteiger partial charge in [-0.3, -0.25) is 0 Å². The summed E-state index contributed by atoms with van der Waals surface area (Å²) in [4.78, 5) is 0. The van der Waals surface area contributed by atoms with E-state index in [9.17, 15) is 0 Å². The van der Waals surface area contributed by atoms with E-state index in [0.29, 0.717) is 0 Å². The first-order valence-corrected chi connectivity index (χ1v) is 10.4. The molecule has 1 aromatic rings. The number of hydrogen-bond donors (Lipinski definition) is 0. The highest BCUT2D eigenvalue weighted by Crippen LogP contribution is 2.15. The molecule has 0 amide bonds. The Bertz CT molecular complexity index is 473. The minimum Gasteiger partial charge on any atom is -0.494 e. The lowest BCUT2D eigenvalue weighted by Crippen LogP contribution is -1.96. The van der Waals surface area contributed by atoms with E-state index in [4.69, 9.17) is 4.74 Å². The van der Waals surface area contributed by atoms with Gasteiger partial charge >= 0.3 is 0 Å². The monoisotopic (exact) mass is 342 g/mol. The number of rotatable bonds is 15. The van der Waals surface area contributed by atoms with Gasteiger partial charge in [-0.25, -0.2) is 0 Å². The average molecular weight is 343 g/mol. The molecule has 0 radical (unpaired) electrons. The van der Waals surface area contributed by atoms with Crippen molar-refractivity contribution in [1.29, 1.82) is 0 Å². The van der Waals surface area contributed by atoms with Crippen LogP contribution in [0.1, 0.15) is 90.0 Å². The number of unbranched alkanes of at least 4 members (excludes halogenated alkanes) is 9. The number of ether oxygens (including phenoxy) is 1. The fourth-order valence-electron chi connectivity index (χ4n) is 2.78. The topological polar surface area (TPSA) is 9.23 Å². The lowest BCUT2D eigenvalue weighted by molar-refractivity contribution is 0.309. The molecule has 0 spiro atoms. The molecule has 0 heterocycles. The fourth-order valence-corrected chi connectivity index (χ4v) is 2.78. The summed E-state index contributed by atoms with van der Waals surface area (Å²) in [6, 6.07) is 8.32. The van der Waals surface area contributed by atoms with Crippen molar-refractivity contribution in [2.24, 2.45) is 0 Å². The van der Waals surface area contributed by atoms with Crippen LogP contribution in [0, 0.1) is 0 Å². The van der Waals surface area contributed by atoms with E-state index < -0.39 is 0 Å². The smallest absolute Gasteiger partial charge is 0.119 e. The van der Waals surface area contributed by atoms with Crippen LogP contribution in [0.5, 0.6) is 5.75 Å². The molecule has 1 rings (SSSR count). The second kappa shape index (κ2) is 16.0. The Morgan fingerprint density at radius 2 is 1.52 bits per heavy atom. The number of benzene rings is 1. The summed E-state index contributed by atoms with van der Waals surface area (Å²) in [7, 11) is 0. The normalized spacial score (nSPS) is 11.6. The van der Waals surface area contributed by atoms with Gasteiger partial charge in [-0.05, 0) is 37.0 Å².